The summed E-state index contributed by atoms with van der Waals surface area (Å²) in [6.45, 7) is 14.0. The molecule has 1 aromatic carbocycles. The van der Waals surface area contributed by atoms with E-state index >= 15 is 0 Å². The number of aromatic nitrogens is 2. The average Bonchev–Trinajstić information content (AvgIpc) is 3.78. The Morgan fingerprint density at radius 1 is 0.947 bits per heavy atom. The first-order chi connectivity index (χ1) is 18.5. The van der Waals surface area contributed by atoms with Gasteiger partial charge in [-0.2, -0.15) is 0 Å². The quantitative estimate of drug-likeness (QED) is 0.296. The Hall–Kier alpha value is -3.77. The Bertz CT molecular complexity index is 1350. The average molecular weight is 507 g/mol. The molecule has 1 aliphatic carbocycles. The van der Waals surface area contributed by atoms with Crippen LogP contribution in [0.5, 0.6) is 0 Å². The van der Waals surface area contributed by atoms with Gasteiger partial charge in [0.15, 0.2) is 0 Å². The van der Waals surface area contributed by atoms with Crippen molar-refractivity contribution in [3.8, 4) is 11.1 Å². The SMILES string of the molecule is C=C(Nc1cnccc1NC(=C)C1CC1)C(=NC)c1cc(-c2cncc(CN3CCCCC3)c2)ccc1C. The minimum atomic E-state index is 0.560. The van der Waals surface area contributed by atoms with Crippen LogP contribution in [0.25, 0.3) is 11.1 Å². The molecule has 0 amide bonds. The molecule has 1 aliphatic heterocycles. The largest absolute Gasteiger partial charge is 0.357 e. The Labute approximate surface area is 226 Å². The van der Waals surface area contributed by atoms with Crippen LogP contribution in [0.4, 0.5) is 11.4 Å². The number of hydrogen-bond acceptors (Lipinski definition) is 6. The number of aryl methyl sites for hydroxylation is 1. The summed E-state index contributed by atoms with van der Waals surface area (Å²) in [4.78, 5) is 16.1. The van der Waals surface area contributed by atoms with E-state index in [2.05, 4.69) is 74.8 Å². The van der Waals surface area contributed by atoms with Crippen LogP contribution in [-0.4, -0.2) is 40.7 Å². The number of rotatable bonds is 10. The van der Waals surface area contributed by atoms with Gasteiger partial charge in [0.2, 0.25) is 0 Å². The summed E-state index contributed by atoms with van der Waals surface area (Å²) in [7, 11) is 1.81. The van der Waals surface area contributed by atoms with Gasteiger partial charge in [-0.3, -0.25) is 19.9 Å². The van der Waals surface area contributed by atoms with Gasteiger partial charge in [-0.05, 0) is 86.5 Å². The van der Waals surface area contributed by atoms with Crippen LogP contribution in [0.3, 0.4) is 0 Å². The van der Waals surface area contributed by atoms with Crippen molar-refractivity contribution in [2.45, 2.75) is 45.6 Å². The highest BCUT2D eigenvalue weighted by atomic mass is 15.1. The molecule has 5 rings (SSSR count). The molecule has 6 heteroatoms. The summed E-state index contributed by atoms with van der Waals surface area (Å²) >= 11 is 0. The normalized spacial score (nSPS) is 16.2. The highest BCUT2D eigenvalue weighted by Crippen LogP contribution is 2.37. The smallest absolute Gasteiger partial charge is 0.0874 e. The number of pyridine rings is 2. The van der Waals surface area contributed by atoms with E-state index in [-0.39, 0.29) is 0 Å². The van der Waals surface area contributed by atoms with Gasteiger partial charge in [0.25, 0.3) is 0 Å². The molecule has 3 heterocycles. The van der Waals surface area contributed by atoms with Crippen molar-refractivity contribution in [3.63, 3.8) is 0 Å². The Balaban J connectivity index is 1.36. The molecule has 0 atom stereocenters. The molecule has 196 valence electrons. The summed E-state index contributed by atoms with van der Waals surface area (Å²) in [5.41, 5.74) is 10.1. The number of aliphatic imine (C=N–C) groups is 1. The van der Waals surface area contributed by atoms with Crippen LogP contribution in [0, 0.1) is 12.8 Å². The predicted molar refractivity (Wildman–Crippen MR) is 158 cm³/mol. The second kappa shape index (κ2) is 11.7. The monoisotopic (exact) mass is 506 g/mol. The second-order valence-corrected chi connectivity index (χ2v) is 10.5. The lowest BCUT2D eigenvalue weighted by Gasteiger charge is -2.26. The molecule has 2 aromatic heterocycles. The first-order valence-corrected chi connectivity index (χ1v) is 13.6. The molecule has 2 N–H and O–H groups in total. The fourth-order valence-corrected chi connectivity index (χ4v) is 5.11. The zero-order valence-corrected chi connectivity index (χ0v) is 22.6. The summed E-state index contributed by atoms with van der Waals surface area (Å²) in [5.74, 6) is 0.560. The molecule has 0 unspecified atom stereocenters. The van der Waals surface area contributed by atoms with Crippen LogP contribution >= 0.6 is 0 Å². The molecule has 6 nitrogen and oxygen atoms in total. The molecular formula is C32H38N6. The fraction of sp³-hybridized carbons (Fsp3) is 0.344. The Morgan fingerprint density at radius 2 is 1.76 bits per heavy atom. The number of piperidine rings is 1. The predicted octanol–water partition coefficient (Wildman–Crippen LogP) is 6.82. The van der Waals surface area contributed by atoms with Crippen molar-refractivity contribution < 1.29 is 0 Å². The molecule has 3 aromatic rings. The van der Waals surface area contributed by atoms with E-state index in [0.717, 1.165) is 57.3 Å². The molecule has 0 bridgehead atoms. The van der Waals surface area contributed by atoms with E-state index < -0.39 is 0 Å². The first-order valence-electron chi connectivity index (χ1n) is 13.6. The van der Waals surface area contributed by atoms with E-state index in [1.807, 2.05) is 31.7 Å². The van der Waals surface area contributed by atoms with Crippen molar-refractivity contribution >= 4 is 17.1 Å². The third-order valence-electron chi connectivity index (χ3n) is 7.46. The highest BCUT2D eigenvalue weighted by molar-refractivity contribution is 6.15. The summed E-state index contributed by atoms with van der Waals surface area (Å²) in [6.07, 6.45) is 13.9. The number of allylic oxidation sites excluding steroid dienone is 2. The van der Waals surface area contributed by atoms with Crippen LogP contribution in [-0.2, 0) is 6.54 Å². The number of hydrogen-bond donors (Lipinski definition) is 2. The van der Waals surface area contributed by atoms with Gasteiger partial charge in [-0.1, -0.05) is 31.7 Å². The van der Waals surface area contributed by atoms with Crippen LogP contribution in [0.1, 0.15) is 48.8 Å². The standard InChI is InChI=1S/C32H38N6/c1-22-8-9-27(28-16-25(18-35-19-28)21-38-14-6-5-7-15-38)17-29(22)32(33-4)24(3)37-31-20-34-13-12-30(31)36-23(2)26-10-11-26/h8-9,12-13,16-20,26,37H,2-3,5-7,10-11,14-15,21H2,1,4H3,(H,34,36). The van der Waals surface area contributed by atoms with Gasteiger partial charge < -0.3 is 10.6 Å². The topological polar surface area (TPSA) is 65.4 Å². The maximum atomic E-state index is 4.65. The maximum Gasteiger partial charge on any atom is 0.0874 e. The van der Waals surface area contributed by atoms with Crippen LogP contribution in [0.15, 0.2) is 84.7 Å². The lowest BCUT2D eigenvalue weighted by Crippen LogP contribution is -2.29. The molecule has 0 spiro atoms. The maximum absolute atomic E-state index is 4.65. The highest BCUT2D eigenvalue weighted by Gasteiger charge is 2.25. The molecule has 2 fully saturated rings. The molecule has 0 radical (unpaired) electrons. The van der Waals surface area contributed by atoms with E-state index in [9.17, 15) is 0 Å². The minimum Gasteiger partial charge on any atom is -0.357 e. The lowest BCUT2D eigenvalue weighted by atomic mass is 9.96. The number of anilines is 2. The number of nitrogens with one attached hydrogen (secondary N) is 2. The van der Waals surface area contributed by atoms with E-state index in [0.29, 0.717) is 5.92 Å². The lowest BCUT2D eigenvalue weighted by molar-refractivity contribution is 0.220. The minimum absolute atomic E-state index is 0.560. The first kappa shape index (κ1) is 25.9. The van der Waals surface area contributed by atoms with Crippen LogP contribution in [0.2, 0.25) is 0 Å². The third-order valence-corrected chi connectivity index (χ3v) is 7.46. The molecule has 2 aliphatic rings. The van der Waals surface area contributed by atoms with Crippen molar-refractivity contribution in [1.82, 2.24) is 14.9 Å². The van der Waals surface area contributed by atoms with Gasteiger partial charge in [0.1, 0.15) is 0 Å². The number of nitrogens with zero attached hydrogens (tertiary/aromatic N) is 4. The van der Waals surface area contributed by atoms with Crippen molar-refractivity contribution in [1.29, 1.82) is 0 Å². The molecule has 1 saturated carbocycles. The van der Waals surface area contributed by atoms with Gasteiger partial charge in [-0.15, -0.1) is 0 Å². The van der Waals surface area contributed by atoms with E-state index in [4.69, 9.17) is 0 Å². The third kappa shape index (κ3) is 6.20. The van der Waals surface area contributed by atoms with Crippen molar-refractivity contribution in [2.75, 3.05) is 30.8 Å². The van der Waals surface area contributed by atoms with E-state index in [1.165, 1.54) is 50.8 Å². The molecular weight excluding hydrogens is 468 g/mol. The Morgan fingerprint density at radius 3 is 2.53 bits per heavy atom. The van der Waals surface area contributed by atoms with Gasteiger partial charge in [-0.25, -0.2) is 0 Å². The zero-order chi connectivity index (χ0) is 26.5. The zero-order valence-electron chi connectivity index (χ0n) is 22.6. The fourth-order valence-electron chi connectivity index (χ4n) is 5.11. The summed E-state index contributed by atoms with van der Waals surface area (Å²) in [6, 6.07) is 10.7. The second-order valence-electron chi connectivity index (χ2n) is 10.5. The van der Waals surface area contributed by atoms with Gasteiger partial charge >= 0.3 is 0 Å². The number of likely N-dealkylation sites (tertiary alicyclic amines) is 1. The summed E-state index contributed by atoms with van der Waals surface area (Å²) < 4.78 is 0. The van der Waals surface area contributed by atoms with Crippen LogP contribution < -0.4 is 10.6 Å². The molecule has 1 saturated heterocycles. The number of benzene rings is 1. The van der Waals surface area contributed by atoms with Crippen molar-refractivity contribution in [2.24, 2.45) is 10.9 Å². The molecule has 38 heavy (non-hydrogen) atoms. The van der Waals surface area contributed by atoms with Gasteiger partial charge in [0, 0.05) is 49.0 Å². The Kier molecular flexibility index (Phi) is 7.99. The summed E-state index contributed by atoms with van der Waals surface area (Å²) in [5, 5.41) is 6.92. The van der Waals surface area contributed by atoms with Crippen molar-refractivity contribution in [3.05, 3.63) is 96.4 Å². The van der Waals surface area contributed by atoms with E-state index in [1.54, 1.807) is 6.20 Å². The van der Waals surface area contributed by atoms with Gasteiger partial charge in [0.05, 0.1) is 29.0 Å².